The van der Waals surface area contributed by atoms with E-state index >= 15 is 0 Å². The van der Waals surface area contributed by atoms with Crippen LogP contribution in [0.4, 0.5) is 21.9 Å². The number of benzene rings is 1. The molecule has 0 radical (unpaired) electrons. The van der Waals surface area contributed by atoms with E-state index in [-0.39, 0.29) is 42.2 Å². The van der Waals surface area contributed by atoms with Crippen LogP contribution in [-0.2, 0) is 14.3 Å². The van der Waals surface area contributed by atoms with Crippen LogP contribution in [0.15, 0.2) is 42.6 Å². The number of carbonyl (C=O) groups is 3. The molecule has 0 aliphatic carbocycles. The van der Waals surface area contributed by atoms with Crippen molar-refractivity contribution in [3.05, 3.63) is 53.1 Å². The van der Waals surface area contributed by atoms with Crippen molar-refractivity contribution in [1.29, 1.82) is 0 Å². The Bertz CT molecular complexity index is 1710. The molecule has 4 amide bonds. The molecule has 3 saturated heterocycles. The van der Waals surface area contributed by atoms with Crippen molar-refractivity contribution in [3.63, 3.8) is 0 Å². The normalized spacial score (nSPS) is 23.0. The van der Waals surface area contributed by atoms with Crippen LogP contribution in [0.2, 0.25) is 0 Å². The van der Waals surface area contributed by atoms with E-state index < -0.39 is 0 Å². The molecule has 1 aromatic carbocycles. The lowest BCUT2D eigenvalue weighted by molar-refractivity contribution is -0.127. The maximum Gasteiger partial charge on any atom is 0.331 e. The molecule has 4 aliphatic rings. The fraction of sp³-hybridized carbons (Fsp3) is 0.471. The highest BCUT2D eigenvalue weighted by Crippen LogP contribution is 2.46. The average Bonchev–Trinajstić information content (AvgIpc) is 3.63. The summed E-state index contributed by atoms with van der Waals surface area (Å²) < 4.78 is 17.4. The minimum Gasteiger partial charge on any atom is -0.491 e. The predicted octanol–water partition coefficient (Wildman–Crippen LogP) is 4.45. The Morgan fingerprint density at radius 3 is 2.68 bits per heavy atom. The maximum absolute atomic E-state index is 13.7. The summed E-state index contributed by atoms with van der Waals surface area (Å²) in [6.45, 7) is 10.5. The smallest absolute Gasteiger partial charge is 0.331 e. The topological polar surface area (TPSA) is 126 Å². The first kappa shape index (κ1) is 31.6. The van der Waals surface area contributed by atoms with Crippen molar-refractivity contribution in [3.8, 4) is 5.75 Å². The van der Waals surface area contributed by atoms with Gasteiger partial charge in [0.05, 0.1) is 54.0 Å². The number of fused-ring (bicyclic) bond motifs is 1. The molecule has 12 nitrogen and oxygen atoms in total. The van der Waals surface area contributed by atoms with Gasteiger partial charge in [0.25, 0.3) is 5.91 Å². The number of pyridine rings is 1. The van der Waals surface area contributed by atoms with Gasteiger partial charge in [0, 0.05) is 51.0 Å². The number of carbonyl (C=O) groups excluding carboxylic acids is 3. The van der Waals surface area contributed by atoms with E-state index in [1.807, 2.05) is 45.0 Å². The van der Waals surface area contributed by atoms with Gasteiger partial charge in [0.2, 0.25) is 5.91 Å². The van der Waals surface area contributed by atoms with Crippen molar-refractivity contribution < 1.29 is 28.6 Å². The molecule has 3 fully saturated rings. The Morgan fingerprint density at radius 1 is 1.15 bits per heavy atom. The Hall–Kier alpha value is -4.04. The lowest BCUT2D eigenvalue weighted by Crippen LogP contribution is -2.49. The van der Waals surface area contributed by atoms with E-state index in [9.17, 15) is 14.4 Å². The van der Waals surface area contributed by atoms with Gasteiger partial charge in [-0.1, -0.05) is 6.08 Å². The molecule has 13 heteroatoms. The molecule has 0 saturated carbocycles. The number of urea groups is 1. The zero-order valence-corrected chi connectivity index (χ0v) is 27.7. The highest BCUT2D eigenvalue weighted by molar-refractivity contribution is 7.21. The molecule has 7 rings (SSSR count). The molecule has 248 valence electrons. The molecule has 2 aromatic heterocycles. The standard InChI is InChI=1S/C34H40N6O6S/c1-20(2)46-23-8-9-24(21(3)16-23)40-25-10-11-35-33-29(25)30(37-34(40)43)31(47-33)32(42)36-22-6-4-13-39(17-22)28(41)7-5-12-38-18-26-27(19-38)45-15-14-44-26/h5,7-11,16,20,22,26-27H,4,6,12-15,17-19H2,1-3H3,(H,36,42)(H,37,43)/b7-5+/t22-,26-,27+/m1/s1. The largest absolute Gasteiger partial charge is 0.491 e. The van der Waals surface area contributed by atoms with E-state index in [1.165, 1.54) is 11.3 Å². The van der Waals surface area contributed by atoms with Crippen LogP contribution in [0, 0.1) is 6.92 Å². The van der Waals surface area contributed by atoms with E-state index in [1.54, 1.807) is 28.1 Å². The third-order valence-electron chi connectivity index (χ3n) is 8.96. The fourth-order valence-corrected chi connectivity index (χ4v) is 7.87. The van der Waals surface area contributed by atoms with Crippen molar-refractivity contribution in [2.45, 2.75) is 58.0 Å². The molecule has 6 heterocycles. The molecule has 0 unspecified atom stereocenters. The van der Waals surface area contributed by atoms with Gasteiger partial charge >= 0.3 is 6.03 Å². The molecular weight excluding hydrogens is 620 g/mol. The maximum atomic E-state index is 13.7. The Morgan fingerprint density at radius 2 is 1.94 bits per heavy atom. The van der Waals surface area contributed by atoms with Crippen molar-refractivity contribution in [2.75, 3.05) is 56.2 Å². The number of likely N-dealkylation sites (tertiary alicyclic amines) is 2. The second-order valence-corrected chi connectivity index (χ2v) is 13.7. The summed E-state index contributed by atoms with van der Waals surface area (Å²) in [5.41, 5.74) is 2.73. The van der Waals surface area contributed by atoms with Crippen LogP contribution in [0.3, 0.4) is 0 Å². The van der Waals surface area contributed by atoms with Crippen LogP contribution >= 0.6 is 11.3 Å². The van der Waals surface area contributed by atoms with Gasteiger partial charge in [-0.25, -0.2) is 9.78 Å². The second-order valence-electron chi connectivity index (χ2n) is 12.7. The number of hydrogen-bond acceptors (Lipinski definition) is 9. The third kappa shape index (κ3) is 6.45. The Kier molecular flexibility index (Phi) is 8.88. The Labute approximate surface area is 277 Å². The number of hydrogen-bond donors (Lipinski definition) is 2. The minimum absolute atomic E-state index is 0.0342. The quantitative estimate of drug-likeness (QED) is 0.340. The van der Waals surface area contributed by atoms with Crippen LogP contribution in [0.5, 0.6) is 5.75 Å². The number of anilines is 3. The summed E-state index contributed by atoms with van der Waals surface area (Å²) >= 11 is 1.25. The van der Waals surface area contributed by atoms with Gasteiger partial charge in [0.15, 0.2) is 0 Å². The molecule has 0 bridgehead atoms. The summed E-state index contributed by atoms with van der Waals surface area (Å²) in [4.78, 5) is 51.6. The van der Waals surface area contributed by atoms with Crippen LogP contribution in [0.25, 0.3) is 10.2 Å². The Balaban J connectivity index is 1.02. The summed E-state index contributed by atoms with van der Waals surface area (Å²) in [5.74, 6) is 0.382. The second kappa shape index (κ2) is 13.2. The van der Waals surface area contributed by atoms with Gasteiger partial charge in [-0.3, -0.25) is 19.4 Å². The molecule has 3 atom stereocenters. The van der Waals surface area contributed by atoms with Gasteiger partial charge in [-0.2, -0.15) is 0 Å². The predicted molar refractivity (Wildman–Crippen MR) is 180 cm³/mol. The van der Waals surface area contributed by atoms with Crippen molar-refractivity contribution in [1.82, 2.24) is 20.1 Å². The van der Waals surface area contributed by atoms with E-state index in [0.717, 1.165) is 48.3 Å². The van der Waals surface area contributed by atoms with E-state index in [4.69, 9.17) is 14.2 Å². The first-order chi connectivity index (χ1) is 22.7. The molecule has 2 N–H and O–H groups in total. The van der Waals surface area contributed by atoms with Gasteiger partial charge in [0.1, 0.15) is 15.5 Å². The SMILES string of the molecule is Cc1cc(OC(C)C)ccc1N1C(=O)Nc2c(C(=O)N[C@@H]3CCCN(C(=O)/C=C/CN4C[C@@H]5OCCO[C@@H]5C4)C3)sc3nccc1c23. The number of ether oxygens (including phenoxy) is 3. The number of nitrogens with zero attached hydrogens (tertiary/aromatic N) is 4. The number of aryl methyl sites for hydroxylation is 1. The lowest BCUT2D eigenvalue weighted by atomic mass is 10.0. The third-order valence-corrected chi connectivity index (χ3v) is 10.1. The highest BCUT2D eigenvalue weighted by Gasteiger charge is 2.37. The lowest BCUT2D eigenvalue weighted by Gasteiger charge is -2.33. The highest BCUT2D eigenvalue weighted by atomic mass is 32.1. The average molecular weight is 661 g/mol. The number of rotatable bonds is 8. The molecule has 0 spiro atoms. The fourth-order valence-electron chi connectivity index (χ4n) is 6.85. The van der Waals surface area contributed by atoms with E-state index in [2.05, 4.69) is 20.5 Å². The number of aromatic nitrogens is 1. The van der Waals surface area contributed by atoms with E-state index in [0.29, 0.717) is 53.9 Å². The van der Waals surface area contributed by atoms with Crippen molar-refractivity contribution >= 4 is 56.5 Å². The summed E-state index contributed by atoms with van der Waals surface area (Å²) in [7, 11) is 0. The molecule has 47 heavy (non-hydrogen) atoms. The van der Waals surface area contributed by atoms with Crippen molar-refractivity contribution in [2.24, 2.45) is 0 Å². The monoisotopic (exact) mass is 660 g/mol. The summed E-state index contributed by atoms with van der Waals surface area (Å²) in [5, 5.41) is 6.83. The first-order valence-electron chi connectivity index (χ1n) is 16.3. The number of nitrogens with one attached hydrogen (secondary N) is 2. The van der Waals surface area contributed by atoms with Gasteiger partial charge in [-0.15, -0.1) is 11.3 Å². The summed E-state index contributed by atoms with van der Waals surface area (Å²) in [6.07, 6.45) is 6.98. The number of amides is 4. The van der Waals surface area contributed by atoms with Gasteiger partial charge in [-0.05, 0) is 63.4 Å². The number of piperidine rings is 1. The zero-order chi connectivity index (χ0) is 32.7. The van der Waals surface area contributed by atoms with Crippen LogP contribution < -0.4 is 20.3 Å². The number of thiophene rings is 1. The van der Waals surface area contributed by atoms with Crippen LogP contribution in [-0.4, -0.2) is 103 Å². The minimum atomic E-state index is -0.355. The molecule has 4 aliphatic heterocycles. The van der Waals surface area contributed by atoms with Crippen LogP contribution in [0.1, 0.15) is 41.9 Å². The molecular formula is C34H40N6O6S. The first-order valence-corrected chi connectivity index (χ1v) is 17.1. The van der Waals surface area contributed by atoms with Gasteiger partial charge < -0.3 is 29.7 Å². The zero-order valence-electron chi connectivity index (χ0n) is 26.9. The molecule has 3 aromatic rings. The summed E-state index contributed by atoms with van der Waals surface area (Å²) in [6, 6.07) is 6.88.